The van der Waals surface area contributed by atoms with Crippen molar-refractivity contribution >= 4 is 31.1 Å². The fourth-order valence-electron chi connectivity index (χ4n) is 0.100. The van der Waals surface area contributed by atoms with Crippen LogP contribution in [-0.4, -0.2) is 38.2 Å². The van der Waals surface area contributed by atoms with Gasteiger partial charge in [0.15, 0.2) is 0 Å². The Morgan fingerprint density at radius 1 is 1.71 bits per heavy atom. The van der Waals surface area contributed by atoms with Crippen molar-refractivity contribution in [2.45, 2.75) is 6.92 Å². The van der Waals surface area contributed by atoms with E-state index in [4.69, 9.17) is 0 Å². The Balaban J connectivity index is 2.82. The van der Waals surface area contributed by atoms with Gasteiger partial charge in [-0.25, -0.2) is 0 Å². The summed E-state index contributed by atoms with van der Waals surface area (Å²) in [7, 11) is 1.55. The fourth-order valence-corrected chi connectivity index (χ4v) is 0.881. The molecule has 40 valence electrons. The Labute approximate surface area is 55.5 Å². The molecule has 4 heteroatoms. The first kappa shape index (κ1) is 7.35. The van der Waals surface area contributed by atoms with Crippen molar-refractivity contribution in [3.05, 3.63) is 0 Å². The molecule has 0 aliphatic heterocycles. The molecule has 0 aromatic rings. The second-order valence-electron chi connectivity index (χ2n) is 0.881. The Kier molecular flexibility index (Phi) is 4.74. The Morgan fingerprint density at radius 2 is 2.29 bits per heavy atom. The van der Waals surface area contributed by atoms with E-state index in [9.17, 15) is 4.79 Å². The monoisotopic (exact) mass is 298 g/mol. The molecule has 2 radical (unpaired) electrons. The van der Waals surface area contributed by atoms with Crippen molar-refractivity contribution in [2.24, 2.45) is 0 Å². The summed E-state index contributed by atoms with van der Waals surface area (Å²) in [4.78, 5) is 9.95. The van der Waals surface area contributed by atoms with Crippen LogP contribution in [0.1, 0.15) is 6.92 Å². The van der Waals surface area contributed by atoms with Crippen LogP contribution < -0.4 is 0 Å². The van der Waals surface area contributed by atoms with Crippen molar-refractivity contribution in [1.82, 2.24) is 0 Å². The molecular weight excluding hydrogens is 291 g/mol. The number of hydrogen-bond donors (Lipinski definition) is 0. The van der Waals surface area contributed by atoms with E-state index in [1.54, 1.807) is 7.11 Å². The van der Waals surface area contributed by atoms with Gasteiger partial charge in [-0.2, -0.15) is 0 Å². The van der Waals surface area contributed by atoms with Crippen LogP contribution in [0.5, 0.6) is 0 Å². The van der Waals surface area contributed by atoms with Gasteiger partial charge in [-0.3, -0.25) is 0 Å². The molecule has 0 heterocycles. The molecule has 0 amide bonds. The third kappa shape index (κ3) is 6.35. The molecule has 0 aromatic heterocycles. The van der Waals surface area contributed by atoms with Gasteiger partial charge in [0.25, 0.3) is 0 Å². The number of hydrogen-bond acceptors (Lipinski definition) is 3. The van der Waals surface area contributed by atoms with Crippen LogP contribution >= 0.6 is 0 Å². The van der Waals surface area contributed by atoms with E-state index >= 15 is 0 Å². The molecule has 0 bridgehead atoms. The third-order valence-corrected chi connectivity index (χ3v) is 2.36. The molecule has 0 atom stereocenters. The minimum absolute atomic E-state index is 0.231. The molecule has 7 heavy (non-hydrogen) atoms. The number of carbonyl (C=O) groups is 1. The normalized spacial score (nSPS) is 8.29. The summed E-state index contributed by atoms with van der Waals surface area (Å²) in [6.45, 7) is 1.38. The SMILES string of the molecule is C[O][Pb][O]C(C)=O. The van der Waals surface area contributed by atoms with Crippen LogP contribution in [0.2, 0.25) is 0 Å². The first-order valence-corrected chi connectivity index (χ1v) is 4.90. The molecule has 3 nitrogen and oxygen atoms in total. The van der Waals surface area contributed by atoms with Crippen LogP contribution in [-0.2, 0) is 10.2 Å². The predicted octanol–water partition coefficient (Wildman–Crippen LogP) is -0.270. The third-order valence-electron chi connectivity index (χ3n) is 0.269. The maximum absolute atomic E-state index is 9.95. The molecule has 0 fully saturated rings. The van der Waals surface area contributed by atoms with Gasteiger partial charge in [-0.15, -0.1) is 0 Å². The molecule has 0 N–H and O–H groups in total. The van der Waals surface area contributed by atoms with Crippen molar-refractivity contribution < 1.29 is 10.2 Å². The average molecular weight is 297 g/mol. The van der Waals surface area contributed by atoms with Crippen molar-refractivity contribution in [3.63, 3.8) is 0 Å². The van der Waals surface area contributed by atoms with Crippen molar-refractivity contribution in [1.29, 1.82) is 0 Å². The number of carbonyl (C=O) groups excluding carboxylic acids is 1. The second kappa shape index (κ2) is 4.51. The summed E-state index contributed by atoms with van der Waals surface area (Å²) >= 11 is -1.39. The van der Waals surface area contributed by atoms with E-state index in [2.05, 4.69) is 5.37 Å². The van der Waals surface area contributed by atoms with Crippen LogP contribution in [0, 0.1) is 0 Å². The molecule has 0 unspecified atom stereocenters. The molecule has 0 saturated heterocycles. The van der Waals surface area contributed by atoms with Crippen LogP contribution in [0.3, 0.4) is 0 Å². The van der Waals surface area contributed by atoms with Crippen molar-refractivity contribution in [3.8, 4) is 0 Å². The molecule has 0 aromatic carbocycles. The maximum atomic E-state index is 9.95. The summed E-state index contributed by atoms with van der Waals surface area (Å²) in [5.74, 6) is -0.231. The molecule has 0 aliphatic rings. The van der Waals surface area contributed by atoms with Gasteiger partial charge >= 0.3 is 55.3 Å². The Hall–Kier alpha value is 0.352. The summed E-state index contributed by atoms with van der Waals surface area (Å²) in [6, 6.07) is 0. The Bertz CT molecular complexity index is 63.2. The van der Waals surface area contributed by atoms with E-state index in [1.165, 1.54) is 6.92 Å². The summed E-state index contributed by atoms with van der Waals surface area (Å²) in [5.41, 5.74) is 0. The Morgan fingerprint density at radius 3 is 2.43 bits per heavy atom. The van der Waals surface area contributed by atoms with Gasteiger partial charge < -0.3 is 0 Å². The van der Waals surface area contributed by atoms with E-state index in [0.29, 0.717) is 0 Å². The summed E-state index contributed by atoms with van der Waals surface area (Å²) in [6.07, 6.45) is 0. The summed E-state index contributed by atoms with van der Waals surface area (Å²) in [5, 5.41) is 0. The topological polar surface area (TPSA) is 35.5 Å². The molecule has 0 aliphatic carbocycles. The van der Waals surface area contributed by atoms with E-state index in [1.807, 2.05) is 0 Å². The van der Waals surface area contributed by atoms with Crippen molar-refractivity contribution in [2.75, 3.05) is 7.11 Å². The summed E-state index contributed by atoms with van der Waals surface area (Å²) < 4.78 is 9.13. The van der Waals surface area contributed by atoms with Crippen LogP contribution in [0.4, 0.5) is 0 Å². The minimum atomic E-state index is -1.39. The van der Waals surface area contributed by atoms with Gasteiger partial charge in [0.2, 0.25) is 0 Å². The molecule has 0 spiro atoms. The first-order chi connectivity index (χ1) is 3.27. The predicted molar refractivity (Wildman–Crippen MR) is 24.5 cm³/mol. The van der Waals surface area contributed by atoms with Gasteiger partial charge in [0.05, 0.1) is 0 Å². The molecular formula is C3H6O3Pb. The van der Waals surface area contributed by atoms with Gasteiger partial charge in [0.1, 0.15) is 0 Å². The molecule has 0 saturated carbocycles. The van der Waals surface area contributed by atoms with Gasteiger partial charge in [0, 0.05) is 0 Å². The van der Waals surface area contributed by atoms with Gasteiger partial charge in [-0.1, -0.05) is 0 Å². The zero-order valence-electron chi connectivity index (χ0n) is 4.22. The standard InChI is InChI=1S/C2H4O2.CH3O.Pb/c1-2(3)4;1-2;/h1H3,(H,3,4);1H3;/q;-1;+2/p-1. The van der Waals surface area contributed by atoms with Crippen LogP contribution in [0.15, 0.2) is 0 Å². The molecule has 0 rings (SSSR count). The van der Waals surface area contributed by atoms with E-state index < -0.39 is 25.1 Å². The first-order valence-electron chi connectivity index (χ1n) is 1.72. The number of rotatable bonds is 2. The van der Waals surface area contributed by atoms with Gasteiger partial charge in [-0.05, 0) is 0 Å². The average Bonchev–Trinajstić information content (AvgIpc) is 1.61. The zero-order chi connectivity index (χ0) is 5.70. The second-order valence-corrected chi connectivity index (χ2v) is 3.91. The fraction of sp³-hybridized carbons (Fsp3) is 0.667. The van der Waals surface area contributed by atoms with Crippen LogP contribution in [0.25, 0.3) is 0 Å². The quantitative estimate of drug-likeness (QED) is 0.658. The zero-order valence-corrected chi connectivity index (χ0v) is 8.11. The van der Waals surface area contributed by atoms with E-state index in [0.717, 1.165) is 0 Å². The van der Waals surface area contributed by atoms with E-state index in [-0.39, 0.29) is 5.97 Å².